The van der Waals surface area contributed by atoms with Crippen LogP contribution in [0.3, 0.4) is 0 Å². The van der Waals surface area contributed by atoms with Gasteiger partial charge in [0.15, 0.2) is 11.5 Å². The van der Waals surface area contributed by atoms with Crippen molar-refractivity contribution in [2.24, 2.45) is 5.92 Å². The first-order valence-electron chi connectivity index (χ1n) is 10.2. The number of amides is 3. The molecule has 172 valence electrons. The van der Waals surface area contributed by atoms with Gasteiger partial charge in [0.2, 0.25) is 0 Å². The maximum absolute atomic E-state index is 12.4. The van der Waals surface area contributed by atoms with Gasteiger partial charge in [-0.05, 0) is 49.6 Å². The zero-order valence-electron chi connectivity index (χ0n) is 18.5. The zero-order chi connectivity index (χ0) is 23.7. The lowest BCUT2D eigenvalue weighted by Gasteiger charge is -2.16. The molecule has 9 heteroatoms. The minimum atomic E-state index is -0.912. The van der Waals surface area contributed by atoms with Gasteiger partial charge >= 0.3 is 0 Å². The highest BCUT2D eigenvalue weighted by Crippen LogP contribution is 2.28. The van der Waals surface area contributed by atoms with Crippen LogP contribution in [-0.4, -0.2) is 37.5 Å². The lowest BCUT2D eigenvalue weighted by Crippen LogP contribution is -2.51. The van der Waals surface area contributed by atoms with E-state index in [9.17, 15) is 14.4 Å². The zero-order valence-corrected chi connectivity index (χ0v) is 19.3. The van der Waals surface area contributed by atoms with Crippen molar-refractivity contribution >= 4 is 29.3 Å². The largest absolute Gasteiger partial charge is 0.493 e. The highest BCUT2D eigenvalue weighted by atomic mass is 35.5. The Kier molecular flexibility index (Phi) is 9.34. The predicted octanol–water partition coefficient (Wildman–Crippen LogP) is 3.35. The average Bonchev–Trinajstić information content (AvgIpc) is 2.77. The molecular formula is C23H28ClN3O5. The Hall–Kier alpha value is -3.26. The first kappa shape index (κ1) is 25.0. The molecule has 0 aromatic heterocycles. The van der Waals surface area contributed by atoms with Crippen LogP contribution in [0, 0.1) is 5.92 Å². The molecule has 3 N–H and O–H groups in total. The fourth-order valence-corrected chi connectivity index (χ4v) is 2.84. The van der Waals surface area contributed by atoms with Crippen LogP contribution in [0.15, 0.2) is 42.5 Å². The van der Waals surface area contributed by atoms with E-state index in [0.29, 0.717) is 24.0 Å². The summed E-state index contributed by atoms with van der Waals surface area (Å²) < 4.78 is 11.0. The molecule has 3 amide bonds. The molecule has 0 saturated heterocycles. The molecule has 0 radical (unpaired) electrons. The van der Waals surface area contributed by atoms with Crippen LogP contribution in [0.1, 0.15) is 47.9 Å². The molecule has 1 atom stereocenters. The molecule has 2 rings (SSSR count). The molecule has 2 aromatic rings. The molecule has 2 aromatic carbocycles. The number of hydrazine groups is 1. The summed E-state index contributed by atoms with van der Waals surface area (Å²) in [6.07, 6.45) is 0.891. The van der Waals surface area contributed by atoms with E-state index in [1.165, 1.54) is 20.1 Å². The topological polar surface area (TPSA) is 106 Å². The van der Waals surface area contributed by atoms with Gasteiger partial charge in [-0.25, -0.2) is 0 Å². The number of rotatable bonds is 9. The Balaban J connectivity index is 1.91. The fraction of sp³-hybridized carbons (Fsp3) is 0.348. The number of nitrogens with one attached hydrogen (secondary N) is 3. The van der Waals surface area contributed by atoms with Gasteiger partial charge in [0.1, 0.15) is 6.04 Å². The van der Waals surface area contributed by atoms with Crippen LogP contribution in [0.4, 0.5) is 0 Å². The van der Waals surface area contributed by atoms with Gasteiger partial charge in [0.25, 0.3) is 17.7 Å². The molecule has 0 aliphatic carbocycles. The number of hydrogen-bond acceptors (Lipinski definition) is 5. The lowest BCUT2D eigenvalue weighted by molar-refractivity contribution is -0.123. The number of carbonyl (C=O) groups is 3. The van der Waals surface area contributed by atoms with Crippen molar-refractivity contribution in [1.29, 1.82) is 0 Å². The molecule has 0 spiro atoms. The molecule has 0 saturated carbocycles. The second-order valence-electron chi connectivity index (χ2n) is 7.51. The van der Waals surface area contributed by atoms with E-state index in [4.69, 9.17) is 21.1 Å². The summed E-state index contributed by atoms with van der Waals surface area (Å²) in [5, 5.41) is 2.80. The van der Waals surface area contributed by atoms with E-state index in [1.807, 2.05) is 0 Å². The van der Waals surface area contributed by atoms with E-state index in [-0.39, 0.29) is 16.1 Å². The second kappa shape index (κ2) is 12.0. The minimum absolute atomic E-state index is 0.251. The van der Waals surface area contributed by atoms with E-state index in [1.54, 1.807) is 36.4 Å². The Morgan fingerprint density at radius 2 is 1.69 bits per heavy atom. The summed E-state index contributed by atoms with van der Waals surface area (Å²) in [7, 11) is 1.48. The minimum Gasteiger partial charge on any atom is -0.493 e. The van der Waals surface area contributed by atoms with Crippen LogP contribution in [-0.2, 0) is 4.79 Å². The first-order chi connectivity index (χ1) is 15.2. The average molecular weight is 462 g/mol. The molecule has 0 heterocycles. The number of carbonyl (C=O) groups excluding carboxylic acids is 3. The molecule has 0 aliphatic heterocycles. The normalized spacial score (nSPS) is 11.4. The molecule has 0 bridgehead atoms. The van der Waals surface area contributed by atoms with Gasteiger partial charge in [-0.2, -0.15) is 0 Å². The summed E-state index contributed by atoms with van der Waals surface area (Å²) in [6, 6.07) is 10.3. The van der Waals surface area contributed by atoms with Gasteiger partial charge in [0, 0.05) is 5.56 Å². The molecule has 0 aliphatic rings. The molecule has 0 unspecified atom stereocenters. The maximum Gasteiger partial charge on any atom is 0.269 e. The van der Waals surface area contributed by atoms with Gasteiger partial charge in [-0.1, -0.05) is 37.6 Å². The third-order valence-electron chi connectivity index (χ3n) is 4.54. The van der Waals surface area contributed by atoms with Crippen molar-refractivity contribution in [2.75, 3.05) is 13.7 Å². The number of hydrogen-bond donors (Lipinski definition) is 3. The van der Waals surface area contributed by atoms with Crippen molar-refractivity contribution in [2.45, 2.75) is 33.2 Å². The summed E-state index contributed by atoms with van der Waals surface area (Å²) in [5.41, 5.74) is 5.13. The first-order valence-corrected chi connectivity index (χ1v) is 10.6. The number of methoxy groups -OCH3 is 1. The summed E-state index contributed by atoms with van der Waals surface area (Å²) in [6.45, 7) is 6.23. The number of ether oxygens (including phenoxy) is 2. The van der Waals surface area contributed by atoms with Gasteiger partial charge < -0.3 is 14.8 Å². The Labute approximate surface area is 192 Å². The third-order valence-corrected chi connectivity index (χ3v) is 4.87. The SMILES string of the molecule is COc1cc(C(=O)NNC(=O)[C@H](C)NC(=O)c2ccccc2Cl)ccc1OCCC(C)C. The standard InChI is InChI=1S/C23H28ClN3O5/c1-14(2)11-12-32-19-10-9-16(13-20(19)31-4)22(29)27-26-21(28)15(3)25-23(30)17-7-5-6-8-18(17)24/h5-10,13-15H,11-12H2,1-4H3,(H,25,30)(H,26,28)(H,27,29)/t15-/m0/s1. The maximum atomic E-state index is 12.4. The summed E-state index contributed by atoms with van der Waals surface area (Å²) in [5.74, 6) is -0.194. The van der Waals surface area contributed by atoms with Gasteiger partial charge in [-0.3, -0.25) is 25.2 Å². The Morgan fingerprint density at radius 1 is 0.969 bits per heavy atom. The summed E-state index contributed by atoms with van der Waals surface area (Å²) >= 11 is 5.99. The van der Waals surface area contributed by atoms with Crippen molar-refractivity contribution in [3.63, 3.8) is 0 Å². The van der Waals surface area contributed by atoms with E-state index >= 15 is 0 Å². The molecule has 0 fully saturated rings. The third kappa shape index (κ3) is 7.16. The van der Waals surface area contributed by atoms with Crippen LogP contribution in [0.2, 0.25) is 5.02 Å². The molecule has 8 nitrogen and oxygen atoms in total. The van der Waals surface area contributed by atoms with E-state index in [0.717, 1.165) is 6.42 Å². The quantitative estimate of drug-likeness (QED) is 0.496. The van der Waals surface area contributed by atoms with Crippen molar-refractivity contribution in [3.05, 3.63) is 58.6 Å². The van der Waals surface area contributed by atoms with Crippen molar-refractivity contribution in [1.82, 2.24) is 16.2 Å². The lowest BCUT2D eigenvalue weighted by atomic mass is 10.1. The van der Waals surface area contributed by atoms with Gasteiger partial charge in [0.05, 0.1) is 24.3 Å². The van der Waals surface area contributed by atoms with Crippen molar-refractivity contribution < 1.29 is 23.9 Å². The highest BCUT2D eigenvalue weighted by molar-refractivity contribution is 6.33. The highest BCUT2D eigenvalue weighted by Gasteiger charge is 2.19. The molecular weight excluding hydrogens is 434 g/mol. The fourth-order valence-electron chi connectivity index (χ4n) is 2.62. The van der Waals surface area contributed by atoms with Crippen LogP contribution < -0.4 is 25.6 Å². The van der Waals surface area contributed by atoms with Crippen LogP contribution >= 0.6 is 11.6 Å². The van der Waals surface area contributed by atoms with Crippen LogP contribution in [0.5, 0.6) is 11.5 Å². The number of halogens is 1. The van der Waals surface area contributed by atoms with Crippen LogP contribution in [0.25, 0.3) is 0 Å². The molecule has 32 heavy (non-hydrogen) atoms. The Morgan fingerprint density at radius 3 is 2.34 bits per heavy atom. The number of benzene rings is 2. The predicted molar refractivity (Wildman–Crippen MR) is 122 cm³/mol. The van der Waals surface area contributed by atoms with E-state index < -0.39 is 23.8 Å². The van der Waals surface area contributed by atoms with E-state index in [2.05, 4.69) is 30.0 Å². The van der Waals surface area contributed by atoms with Crippen molar-refractivity contribution in [3.8, 4) is 11.5 Å². The Bertz CT molecular complexity index is 964. The second-order valence-corrected chi connectivity index (χ2v) is 7.92. The summed E-state index contributed by atoms with van der Waals surface area (Å²) in [4.78, 5) is 36.9. The monoisotopic (exact) mass is 461 g/mol. The van der Waals surface area contributed by atoms with Gasteiger partial charge in [-0.15, -0.1) is 0 Å². The smallest absolute Gasteiger partial charge is 0.269 e.